The van der Waals surface area contributed by atoms with Crippen LogP contribution in [-0.4, -0.2) is 82.4 Å². The Morgan fingerprint density at radius 2 is 1.86 bits per heavy atom. The Kier molecular flexibility index (Phi) is 12.1. The zero-order valence-corrected chi connectivity index (χ0v) is 29.5. The number of para-hydroxylation sites is 1. The summed E-state index contributed by atoms with van der Waals surface area (Å²) in [6.07, 6.45) is -0.0320. The molecule has 1 saturated carbocycles. The van der Waals surface area contributed by atoms with Gasteiger partial charge in [0.1, 0.15) is 41.3 Å². The van der Waals surface area contributed by atoms with Gasteiger partial charge in [-0.2, -0.15) is 5.26 Å². The highest BCUT2D eigenvalue weighted by atomic mass is 35.5. The highest BCUT2D eigenvalue weighted by molar-refractivity contribution is 7.54. The number of anilines is 1. The van der Waals surface area contributed by atoms with Crippen molar-refractivity contribution in [3.8, 4) is 11.8 Å². The smallest absolute Gasteiger partial charge is 0.405 e. The van der Waals surface area contributed by atoms with E-state index in [1.807, 2.05) is 0 Å². The van der Waals surface area contributed by atoms with E-state index in [9.17, 15) is 29.6 Å². The van der Waals surface area contributed by atoms with E-state index < -0.39 is 69.2 Å². The van der Waals surface area contributed by atoms with Crippen molar-refractivity contribution in [1.29, 1.82) is 5.26 Å². The Balaban J connectivity index is 1.24. The average Bonchev–Trinajstić information content (AvgIpc) is 3.81. The molecule has 1 aliphatic carbocycles. The number of hydrogen-bond acceptors (Lipinski definition) is 14. The molecule has 1 saturated heterocycles. The minimum Gasteiger partial charge on any atom is -0.427 e. The van der Waals surface area contributed by atoms with Gasteiger partial charge in [0.15, 0.2) is 24.3 Å². The molecule has 3 aromatic rings. The molecular formula is C33H40ClN4O11P. The first kappa shape index (κ1) is 37.5. The van der Waals surface area contributed by atoms with Gasteiger partial charge < -0.3 is 43.6 Å². The Labute approximate surface area is 293 Å². The van der Waals surface area contributed by atoms with E-state index in [4.69, 9.17) is 39.6 Å². The van der Waals surface area contributed by atoms with Crippen LogP contribution in [0.5, 0.6) is 5.75 Å². The number of aliphatic hydroxyl groups excluding tert-OH is 2. The number of halogens is 1. The summed E-state index contributed by atoms with van der Waals surface area (Å²) in [5, 5.41) is 35.7. The molecule has 0 radical (unpaired) electrons. The Hall–Kier alpha value is -3.74. The first-order valence-corrected chi connectivity index (χ1v) is 18.2. The lowest BCUT2D eigenvalue weighted by molar-refractivity contribution is -0.174. The second-order valence-corrected chi connectivity index (χ2v) is 15.3. The Morgan fingerprint density at radius 3 is 2.54 bits per heavy atom. The van der Waals surface area contributed by atoms with Gasteiger partial charge in [-0.1, -0.05) is 42.6 Å². The van der Waals surface area contributed by atoms with Crippen LogP contribution in [0.15, 0.2) is 42.6 Å². The fourth-order valence-electron chi connectivity index (χ4n) is 5.54. The molecule has 2 aromatic heterocycles. The maximum Gasteiger partial charge on any atom is 0.405 e. The predicted molar refractivity (Wildman–Crippen MR) is 179 cm³/mol. The van der Waals surface area contributed by atoms with E-state index >= 15 is 0 Å². The predicted octanol–water partition coefficient (Wildman–Crippen LogP) is 4.89. The fraction of sp³-hybridized carbons (Fsp3) is 0.515. The van der Waals surface area contributed by atoms with Gasteiger partial charge in [-0.25, -0.2) is 14.3 Å². The van der Waals surface area contributed by atoms with Gasteiger partial charge in [0, 0.05) is 17.6 Å². The molecule has 15 nitrogen and oxygen atoms in total. The number of hydrogen-bond donors (Lipinski definition) is 3. The van der Waals surface area contributed by atoms with E-state index in [-0.39, 0.29) is 29.1 Å². The lowest BCUT2D eigenvalue weighted by atomic mass is 9.98. The summed E-state index contributed by atoms with van der Waals surface area (Å²) in [5.41, 5.74) is 0.292. The van der Waals surface area contributed by atoms with E-state index in [1.54, 1.807) is 51.2 Å². The van der Waals surface area contributed by atoms with Crippen molar-refractivity contribution in [3.05, 3.63) is 53.3 Å². The molecule has 1 aliphatic heterocycles. The van der Waals surface area contributed by atoms with E-state index in [1.165, 1.54) is 16.7 Å². The molecule has 5 rings (SSSR count). The molecular weight excluding hydrogens is 695 g/mol. The van der Waals surface area contributed by atoms with Gasteiger partial charge in [0.05, 0.1) is 17.7 Å². The third kappa shape index (κ3) is 8.94. The Bertz CT molecular complexity index is 1750. The number of pyridine rings is 1. The van der Waals surface area contributed by atoms with Crippen molar-refractivity contribution in [2.45, 2.75) is 77.0 Å². The second kappa shape index (κ2) is 16.1. The molecule has 0 bridgehead atoms. The summed E-state index contributed by atoms with van der Waals surface area (Å²) in [7, 11) is -4.19. The molecule has 2 aliphatic rings. The first-order chi connectivity index (χ1) is 23.8. The number of ether oxygens (including phenoxy) is 4. The van der Waals surface area contributed by atoms with Crippen molar-refractivity contribution in [2.24, 2.45) is 5.41 Å². The normalized spacial score (nSPS) is 22.2. The van der Waals surface area contributed by atoms with Gasteiger partial charge in [-0.3, -0.25) is 9.32 Å². The molecule has 270 valence electrons. The standard InChI is InChI=1S/C33H40ClN4O11P/c1-33(2,3)32(42)46-18-45-25(39)17-47-50(43,49-21-11-5-4-6-12-21)19-44-16-24-27(40)28(41)31(48-24)38-14-13-22-26(36-20-9-7-8-10-20)23(15-35)29(34)37-30(22)38/h4-6,11-14,20,24,27-28,31,40-41H,7-10,16-19H2,1-3H3,(H,36,37)/t24?,27-,28-,31-,50?/m1/s1. The minimum absolute atomic E-state index is 0.0164. The van der Waals surface area contributed by atoms with Crippen LogP contribution in [0.3, 0.4) is 0 Å². The monoisotopic (exact) mass is 734 g/mol. The van der Waals surface area contributed by atoms with Crippen molar-refractivity contribution < 1.29 is 52.4 Å². The van der Waals surface area contributed by atoms with Gasteiger partial charge >= 0.3 is 19.5 Å². The summed E-state index contributed by atoms with van der Waals surface area (Å²) in [4.78, 5) is 28.6. The maximum absolute atomic E-state index is 13.7. The number of fused-ring (bicyclic) bond motifs is 1. The van der Waals surface area contributed by atoms with E-state index in [2.05, 4.69) is 16.4 Å². The molecule has 1 aromatic carbocycles. The molecule has 50 heavy (non-hydrogen) atoms. The molecule has 0 amide bonds. The summed E-state index contributed by atoms with van der Waals surface area (Å²) in [6, 6.07) is 12.1. The number of esters is 2. The van der Waals surface area contributed by atoms with E-state index in [0.717, 1.165) is 25.7 Å². The number of carbonyl (C=O) groups is 2. The number of carbonyl (C=O) groups excluding carboxylic acids is 2. The molecule has 17 heteroatoms. The first-order valence-electron chi connectivity index (χ1n) is 16.1. The second-order valence-electron chi connectivity index (χ2n) is 13.0. The van der Waals surface area contributed by atoms with Crippen molar-refractivity contribution in [1.82, 2.24) is 9.55 Å². The van der Waals surface area contributed by atoms with E-state index in [0.29, 0.717) is 16.7 Å². The number of benzene rings is 1. The number of nitrogens with one attached hydrogen (secondary N) is 1. The lowest BCUT2D eigenvalue weighted by Gasteiger charge is -2.21. The third-order valence-corrected chi connectivity index (χ3v) is 9.95. The van der Waals surface area contributed by atoms with Crippen molar-refractivity contribution in [2.75, 3.05) is 31.7 Å². The van der Waals surface area contributed by atoms with Crippen LogP contribution in [-0.2, 0) is 37.6 Å². The summed E-state index contributed by atoms with van der Waals surface area (Å²) >= 11 is 6.43. The van der Waals surface area contributed by atoms with Crippen LogP contribution in [0, 0.1) is 16.7 Å². The van der Waals surface area contributed by atoms with Crippen LogP contribution < -0.4 is 9.84 Å². The zero-order valence-electron chi connectivity index (χ0n) is 27.8. The molecule has 3 heterocycles. The number of rotatable bonds is 14. The topological polar surface area (TPSA) is 201 Å². The highest BCUT2D eigenvalue weighted by Crippen LogP contribution is 2.48. The van der Waals surface area contributed by atoms with Crippen LogP contribution in [0.4, 0.5) is 5.69 Å². The van der Waals surface area contributed by atoms with Gasteiger partial charge in [-0.05, 0) is 51.8 Å². The van der Waals surface area contributed by atoms with Gasteiger partial charge in [0.2, 0.25) is 6.79 Å². The lowest BCUT2D eigenvalue weighted by Crippen LogP contribution is -2.34. The molecule has 3 N–H and O–H groups in total. The summed E-state index contributed by atoms with van der Waals surface area (Å²) < 4.78 is 47.5. The van der Waals surface area contributed by atoms with Gasteiger partial charge in [0.25, 0.3) is 0 Å². The number of aliphatic hydroxyl groups is 2. The van der Waals surface area contributed by atoms with Crippen molar-refractivity contribution >= 4 is 47.9 Å². The van der Waals surface area contributed by atoms with Crippen LogP contribution in [0.1, 0.15) is 58.2 Å². The maximum atomic E-state index is 13.7. The molecule has 0 spiro atoms. The fourth-order valence-corrected chi connectivity index (χ4v) is 7.01. The highest BCUT2D eigenvalue weighted by Gasteiger charge is 2.45. The number of nitrogens with zero attached hydrogens (tertiary/aromatic N) is 3. The molecule has 2 fully saturated rings. The molecule has 5 atom stereocenters. The van der Waals surface area contributed by atoms with Crippen LogP contribution in [0.25, 0.3) is 11.0 Å². The number of aromatic nitrogens is 2. The zero-order chi connectivity index (χ0) is 36.1. The largest absolute Gasteiger partial charge is 0.427 e. The minimum atomic E-state index is -4.19. The van der Waals surface area contributed by atoms with Gasteiger partial charge in [-0.15, -0.1) is 0 Å². The number of nitriles is 1. The Morgan fingerprint density at radius 1 is 1.14 bits per heavy atom. The average molecular weight is 735 g/mol. The molecule has 2 unspecified atom stereocenters. The summed E-state index contributed by atoms with van der Waals surface area (Å²) in [5.74, 6) is -1.38. The van der Waals surface area contributed by atoms with Crippen LogP contribution >= 0.6 is 19.2 Å². The SMILES string of the molecule is CC(C)(C)C(=O)OCOC(=O)COP(=O)(COCC1O[C@@H](n2ccc3c(NC4CCCC4)c(C#N)c(Cl)nc32)[C@H](O)[C@@H]1O)Oc1ccccc1. The van der Waals surface area contributed by atoms with Crippen molar-refractivity contribution in [3.63, 3.8) is 0 Å². The van der Waals surface area contributed by atoms with Crippen LogP contribution in [0.2, 0.25) is 5.15 Å². The quantitative estimate of drug-likeness (QED) is 0.0875. The summed E-state index contributed by atoms with van der Waals surface area (Å²) in [6.45, 7) is 3.09. The third-order valence-electron chi connectivity index (χ3n) is 8.16.